The van der Waals surface area contributed by atoms with E-state index >= 15 is 0 Å². The summed E-state index contributed by atoms with van der Waals surface area (Å²) in [5, 5.41) is 2.71. The second kappa shape index (κ2) is 7.98. The van der Waals surface area contributed by atoms with Crippen LogP contribution in [0.4, 0.5) is 10.1 Å². The number of nitrogens with zero attached hydrogens (tertiary/aromatic N) is 1. The molecule has 146 valence electrons. The smallest absolute Gasteiger partial charge is 0.262 e. The standard InChI is InChI=1S/C21H21FN2O4/c22-17-6-2-1-4-15(17)12-27-16-5-3-9-24(11-16)21(26)14-7-8-18-19(10-14)28-13-20(25)23-18/h1-2,4,6-8,10,16H,3,5,9,11-13H2,(H,23,25)/t16-/m0/s1. The zero-order chi connectivity index (χ0) is 19.5. The third kappa shape index (κ3) is 3.99. The Kier molecular flexibility index (Phi) is 5.25. The molecule has 2 aromatic rings. The van der Waals surface area contributed by atoms with Gasteiger partial charge in [-0.25, -0.2) is 4.39 Å². The van der Waals surface area contributed by atoms with E-state index in [2.05, 4.69) is 5.32 Å². The molecule has 28 heavy (non-hydrogen) atoms. The van der Waals surface area contributed by atoms with Crippen molar-refractivity contribution in [2.75, 3.05) is 25.0 Å². The maximum atomic E-state index is 13.7. The van der Waals surface area contributed by atoms with Gasteiger partial charge in [0.25, 0.3) is 11.8 Å². The first kappa shape index (κ1) is 18.4. The van der Waals surface area contributed by atoms with Crippen LogP contribution in [0.3, 0.4) is 0 Å². The van der Waals surface area contributed by atoms with Gasteiger partial charge in [-0.15, -0.1) is 0 Å². The van der Waals surface area contributed by atoms with E-state index < -0.39 is 0 Å². The number of anilines is 1. The molecule has 0 spiro atoms. The van der Waals surface area contributed by atoms with Crippen LogP contribution in [-0.2, 0) is 16.1 Å². The van der Waals surface area contributed by atoms with Crippen molar-refractivity contribution in [2.45, 2.75) is 25.6 Å². The molecule has 1 fully saturated rings. The highest BCUT2D eigenvalue weighted by molar-refractivity contribution is 5.99. The molecule has 6 nitrogen and oxygen atoms in total. The van der Waals surface area contributed by atoms with Crippen LogP contribution in [0.5, 0.6) is 5.75 Å². The molecule has 4 rings (SSSR count). The van der Waals surface area contributed by atoms with Gasteiger partial charge in [-0.2, -0.15) is 0 Å². The Labute approximate surface area is 162 Å². The van der Waals surface area contributed by atoms with Gasteiger partial charge in [0.1, 0.15) is 11.6 Å². The maximum Gasteiger partial charge on any atom is 0.262 e. The number of hydrogen-bond acceptors (Lipinski definition) is 4. The SMILES string of the molecule is O=C1COc2cc(C(=O)N3CCC[C@H](OCc4ccccc4F)C3)ccc2N1. The van der Waals surface area contributed by atoms with Crippen molar-refractivity contribution in [3.8, 4) is 5.75 Å². The molecule has 1 saturated heterocycles. The van der Waals surface area contributed by atoms with E-state index in [-0.39, 0.29) is 36.9 Å². The lowest BCUT2D eigenvalue weighted by Gasteiger charge is -2.33. The van der Waals surface area contributed by atoms with Crippen molar-refractivity contribution in [1.82, 2.24) is 4.90 Å². The quantitative estimate of drug-likeness (QED) is 0.880. The third-order valence-corrected chi connectivity index (χ3v) is 4.96. The molecule has 0 aliphatic carbocycles. The summed E-state index contributed by atoms with van der Waals surface area (Å²) in [7, 11) is 0. The Bertz CT molecular complexity index is 902. The van der Waals surface area contributed by atoms with Crippen LogP contribution in [0.1, 0.15) is 28.8 Å². The average Bonchev–Trinajstić information content (AvgIpc) is 2.72. The number of fused-ring (bicyclic) bond motifs is 1. The minimum atomic E-state index is -0.285. The number of carbonyl (C=O) groups excluding carboxylic acids is 2. The minimum Gasteiger partial charge on any atom is -0.482 e. The van der Waals surface area contributed by atoms with Gasteiger partial charge < -0.3 is 19.7 Å². The van der Waals surface area contributed by atoms with Gasteiger partial charge in [-0.3, -0.25) is 9.59 Å². The van der Waals surface area contributed by atoms with E-state index in [9.17, 15) is 14.0 Å². The van der Waals surface area contributed by atoms with Gasteiger partial charge in [-0.05, 0) is 37.1 Å². The van der Waals surface area contributed by atoms with Crippen LogP contribution >= 0.6 is 0 Å². The van der Waals surface area contributed by atoms with Gasteiger partial charge >= 0.3 is 0 Å². The van der Waals surface area contributed by atoms with Crippen molar-refractivity contribution in [3.63, 3.8) is 0 Å². The van der Waals surface area contributed by atoms with Crippen LogP contribution in [-0.4, -0.2) is 42.5 Å². The number of carbonyl (C=O) groups is 2. The molecule has 7 heteroatoms. The number of rotatable bonds is 4. The molecule has 2 aromatic carbocycles. The van der Waals surface area contributed by atoms with Gasteiger partial charge in [0, 0.05) is 24.2 Å². The topological polar surface area (TPSA) is 67.9 Å². The summed E-state index contributed by atoms with van der Waals surface area (Å²) in [6, 6.07) is 11.5. The molecule has 0 unspecified atom stereocenters. The number of piperidine rings is 1. The third-order valence-electron chi connectivity index (χ3n) is 4.96. The lowest BCUT2D eigenvalue weighted by atomic mass is 10.1. The van der Waals surface area contributed by atoms with Crippen molar-refractivity contribution in [3.05, 3.63) is 59.4 Å². The molecule has 0 saturated carbocycles. The highest BCUT2D eigenvalue weighted by Crippen LogP contribution is 2.29. The Morgan fingerprint density at radius 3 is 3.00 bits per heavy atom. The molecule has 0 radical (unpaired) electrons. The molecule has 2 heterocycles. The first-order valence-electron chi connectivity index (χ1n) is 9.31. The normalized spacial score (nSPS) is 18.8. The first-order chi connectivity index (χ1) is 13.6. The number of hydrogen-bond donors (Lipinski definition) is 1. The maximum absolute atomic E-state index is 13.7. The summed E-state index contributed by atoms with van der Waals surface area (Å²) in [5.74, 6) is -0.109. The summed E-state index contributed by atoms with van der Waals surface area (Å²) in [4.78, 5) is 26.0. The number of nitrogens with one attached hydrogen (secondary N) is 1. The molecular weight excluding hydrogens is 363 g/mol. The lowest BCUT2D eigenvalue weighted by Crippen LogP contribution is -2.43. The second-order valence-electron chi connectivity index (χ2n) is 6.97. The highest BCUT2D eigenvalue weighted by Gasteiger charge is 2.26. The van der Waals surface area contributed by atoms with Crippen molar-refractivity contribution >= 4 is 17.5 Å². The van der Waals surface area contributed by atoms with Crippen LogP contribution in [0, 0.1) is 5.82 Å². The predicted molar refractivity (Wildman–Crippen MR) is 101 cm³/mol. The minimum absolute atomic E-state index is 0.0552. The van der Waals surface area contributed by atoms with Crippen molar-refractivity contribution < 1.29 is 23.5 Å². The van der Waals surface area contributed by atoms with E-state index in [1.165, 1.54) is 6.07 Å². The van der Waals surface area contributed by atoms with Crippen LogP contribution in [0.15, 0.2) is 42.5 Å². The van der Waals surface area contributed by atoms with E-state index in [4.69, 9.17) is 9.47 Å². The molecule has 0 bridgehead atoms. The Morgan fingerprint density at radius 1 is 1.29 bits per heavy atom. The van der Waals surface area contributed by atoms with Crippen LogP contribution in [0.2, 0.25) is 0 Å². The van der Waals surface area contributed by atoms with Gasteiger partial charge in [0.15, 0.2) is 6.61 Å². The Hall–Kier alpha value is -2.93. The zero-order valence-corrected chi connectivity index (χ0v) is 15.3. The Balaban J connectivity index is 1.39. The number of benzene rings is 2. The molecule has 2 amide bonds. The van der Waals surface area contributed by atoms with Gasteiger partial charge in [0.2, 0.25) is 0 Å². The summed E-state index contributed by atoms with van der Waals surface area (Å²) < 4.78 is 25.0. The summed E-state index contributed by atoms with van der Waals surface area (Å²) in [6.07, 6.45) is 1.52. The highest BCUT2D eigenvalue weighted by atomic mass is 19.1. The zero-order valence-electron chi connectivity index (χ0n) is 15.3. The Morgan fingerprint density at radius 2 is 2.14 bits per heavy atom. The van der Waals surface area contributed by atoms with E-state index in [1.54, 1.807) is 41.3 Å². The predicted octanol–water partition coefficient (Wildman–Crippen LogP) is 2.98. The average molecular weight is 384 g/mol. The first-order valence-corrected chi connectivity index (χ1v) is 9.31. The fourth-order valence-electron chi connectivity index (χ4n) is 3.47. The van der Waals surface area contributed by atoms with E-state index in [1.807, 2.05) is 0 Å². The van der Waals surface area contributed by atoms with Gasteiger partial charge in [-0.1, -0.05) is 18.2 Å². The molecule has 0 aromatic heterocycles. The largest absolute Gasteiger partial charge is 0.482 e. The van der Waals surface area contributed by atoms with E-state index in [0.29, 0.717) is 35.7 Å². The number of amides is 2. The fourth-order valence-corrected chi connectivity index (χ4v) is 3.47. The molecule has 1 atom stereocenters. The fraction of sp³-hybridized carbons (Fsp3) is 0.333. The lowest BCUT2D eigenvalue weighted by molar-refractivity contribution is -0.118. The molecule has 2 aliphatic rings. The number of ether oxygens (including phenoxy) is 2. The number of likely N-dealkylation sites (tertiary alicyclic amines) is 1. The second-order valence-corrected chi connectivity index (χ2v) is 6.97. The van der Waals surface area contributed by atoms with Crippen LogP contribution in [0.25, 0.3) is 0 Å². The summed E-state index contributed by atoms with van der Waals surface area (Å²) in [5.41, 5.74) is 1.59. The monoisotopic (exact) mass is 384 g/mol. The van der Waals surface area contributed by atoms with Crippen LogP contribution < -0.4 is 10.1 Å². The van der Waals surface area contributed by atoms with Crippen molar-refractivity contribution in [1.29, 1.82) is 0 Å². The van der Waals surface area contributed by atoms with Crippen molar-refractivity contribution in [2.24, 2.45) is 0 Å². The number of halogens is 1. The molecule has 2 aliphatic heterocycles. The molecule has 1 N–H and O–H groups in total. The van der Waals surface area contributed by atoms with E-state index in [0.717, 1.165) is 12.8 Å². The molecular formula is C21H21FN2O4. The summed E-state index contributed by atoms with van der Waals surface area (Å²) in [6.45, 7) is 1.24. The van der Waals surface area contributed by atoms with Gasteiger partial charge in [0.05, 0.1) is 18.4 Å². The summed E-state index contributed by atoms with van der Waals surface area (Å²) >= 11 is 0.